The average molecular weight is 366 g/mol. The Labute approximate surface area is 158 Å². The Morgan fingerprint density at radius 3 is 2.46 bits per heavy atom. The number of hydrogen-bond donors (Lipinski definition) is 1. The van der Waals surface area contributed by atoms with Gasteiger partial charge >= 0.3 is 0 Å². The molecule has 0 aliphatic rings. The Bertz CT molecular complexity index is 831. The lowest BCUT2D eigenvalue weighted by atomic mass is 10.1. The Morgan fingerprint density at radius 1 is 1.08 bits per heavy atom. The van der Waals surface area contributed by atoms with Crippen molar-refractivity contribution in [3.63, 3.8) is 0 Å². The summed E-state index contributed by atoms with van der Waals surface area (Å²) in [6.45, 7) is 2.58. The van der Waals surface area contributed by atoms with Crippen molar-refractivity contribution < 1.29 is 4.79 Å². The summed E-state index contributed by atoms with van der Waals surface area (Å²) < 4.78 is 1.87. The summed E-state index contributed by atoms with van der Waals surface area (Å²) in [7, 11) is 0. The summed E-state index contributed by atoms with van der Waals surface area (Å²) in [5.41, 5.74) is 3.96. The smallest absolute Gasteiger partial charge is 0.221 e. The molecule has 0 bridgehead atoms. The normalized spacial score (nSPS) is 10.7. The van der Waals surface area contributed by atoms with Crippen LogP contribution in [0.15, 0.2) is 66.9 Å². The molecule has 4 nitrogen and oxygen atoms in total. The summed E-state index contributed by atoms with van der Waals surface area (Å²) >= 11 is 1.78. The van der Waals surface area contributed by atoms with Gasteiger partial charge in [-0.3, -0.25) is 4.79 Å². The molecule has 0 unspecified atom stereocenters. The summed E-state index contributed by atoms with van der Waals surface area (Å²) in [6.07, 6.45) is 2.55. The molecule has 134 valence electrons. The van der Waals surface area contributed by atoms with Gasteiger partial charge in [0.1, 0.15) is 0 Å². The molecule has 0 radical (unpaired) electrons. The van der Waals surface area contributed by atoms with E-state index in [1.165, 1.54) is 0 Å². The van der Waals surface area contributed by atoms with E-state index in [4.69, 9.17) is 5.10 Å². The first kappa shape index (κ1) is 18.3. The molecule has 0 fully saturated rings. The zero-order valence-electron chi connectivity index (χ0n) is 14.9. The highest BCUT2D eigenvalue weighted by atomic mass is 32.2. The quantitative estimate of drug-likeness (QED) is 0.606. The maximum atomic E-state index is 12.1. The van der Waals surface area contributed by atoms with Crippen LogP contribution in [0, 0.1) is 0 Å². The lowest BCUT2D eigenvalue weighted by Crippen LogP contribution is -2.23. The molecule has 5 heteroatoms. The third-order valence-electron chi connectivity index (χ3n) is 4.01. The molecule has 0 atom stereocenters. The molecule has 3 rings (SSSR count). The largest absolute Gasteiger partial charge is 0.352 e. The Balaban J connectivity index is 1.81. The van der Waals surface area contributed by atoms with Crippen LogP contribution < -0.4 is 5.32 Å². The van der Waals surface area contributed by atoms with Gasteiger partial charge in [0.25, 0.3) is 0 Å². The number of benzene rings is 2. The van der Waals surface area contributed by atoms with Crippen molar-refractivity contribution in [3.05, 3.63) is 72.4 Å². The molecular formula is C21H23N3OS. The molecule has 2 aromatic carbocycles. The lowest BCUT2D eigenvalue weighted by molar-refractivity contribution is -0.120. The van der Waals surface area contributed by atoms with E-state index >= 15 is 0 Å². The first-order chi connectivity index (χ1) is 12.8. The SMILES string of the molecule is CCSCCC(=O)NCc1cn(-c2ccccc2)nc1-c1ccccc1. The van der Waals surface area contributed by atoms with E-state index in [-0.39, 0.29) is 5.91 Å². The van der Waals surface area contributed by atoms with E-state index in [2.05, 4.69) is 12.2 Å². The minimum absolute atomic E-state index is 0.0809. The lowest BCUT2D eigenvalue weighted by Gasteiger charge is -2.05. The van der Waals surface area contributed by atoms with Crippen LogP contribution in [0.3, 0.4) is 0 Å². The highest BCUT2D eigenvalue weighted by Gasteiger charge is 2.13. The number of carbonyl (C=O) groups excluding carboxylic acids is 1. The predicted molar refractivity (Wildman–Crippen MR) is 108 cm³/mol. The fraction of sp³-hybridized carbons (Fsp3) is 0.238. The molecule has 26 heavy (non-hydrogen) atoms. The molecule has 1 aromatic heterocycles. The zero-order chi connectivity index (χ0) is 18.2. The van der Waals surface area contributed by atoms with Gasteiger partial charge in [0, 0.05) is 36.0 Å². The van der Waals surface area contributed by atoms with E-state index in [0.717, 1.165) is 34.0 Å². The van der Waals surface area contributed by atoms with Crippen LogP contribution in [-0.2, 0) is 11.3 Å². The van der Waals surface area contributed by atoms with E-state index in [0.29, 0.717) is 13.0 Å². The monoisotopic (exact) mass is 365 g/mol. The summed E-state index contributed by atoms with van der Waals surface area (Å²) in [4.78, 5) is 12.1. The van der Waals surface area contributed by atoms with Crippen molar-refractivity contribution in [2.45, 2.75) is 19.9 Å². The number of carbonyl (C=O) groups is 1. The minimum atomic E-state index is 0.0809. The van der Waals surface area contributed by atoms with Crippen LogP contribution in [0.2, 0.25) is 0 Å². The first-order valence-corrected chi connectivity index (χ1v) is 9.97. The Morgan fingerprint density at radius 2 is 1.77 bits per heavy atom. The maximum Gasteiger partial charge on any atom is 0.221 e. The maximum absolute atomic E-state index is 12.1. The molecule has 3 aromatic rings. The van der Waals surface area contributed by atoms with Gasteiger partial charge in [-0.15, -0.1) is 0 Å². The average Bonchev–Trinajstić information content (AvgIpc) is 3.12. The second-order valence-corrected chi connectivity index (χ2v) is 7.27. The van der Waals surface area contributed by atoms with Crippen LogP contribution in [0.1, 0.15) is 18.9 Å². The van der Waals surface area contributed by atoms with Gasteiger partial charge in [-0.2, -0.15) is 16.9 Å². The molecule has 1 heterocycles. The molecule has 0 aliphatic carbocycles. The summed E-state index contributed by atoms with van der Waals surface area (Å²) in [5.74, 6) is 1.98. The van der Waals surface area contributed by atoms with Gasteiger partial charge in [-0.25, -0.2) is 4.68 Å². The molecule has 0 saturated heterocycles. The highest BCUT2D eigenvalue weighted by Crippen LogP contribution is 2.23. The van der Waals surface area contributed by atoms with Gasteiger partial charge < -0.3 is 5.32 Å². The first-order valence-electron chi connectivity index (χ1n) is 8.81. The number of nitrogens with zero attached hydrogens (tertiary/aromatic N) is 2. The van der Waals surface area contributed by atoms with Gasteiger partial charge in [0.05, 0.1) is 11.4 Å². The van der Waals surface area contributed by atoms with Crippen molar-refractivity contribution in [2.24, 2.45) is 0 Å². The van der Waals surface area contributed by atoms with E-state index in [9.17, 15) is 4.79 Å². The predicted octanol–water partition coefficient (Wildman–Crippen LogP) is 4.30. The second-order valence-electron chi connectivity index (χ2n) is 5.87. The van der Waals surface area contributed by atoms with Crippen molar-refractivity contribution in [1.82, 2.24) is 15.1 Å². The fourth-order valence-corrected chi connectivity index (χ4v) is 3.30. The number of rotatable bonds is 8. The van der Waals surface area contributed by atoms with Gasteiger partial charge in [0.2, 0.25) is 5.91 Å². The van der Waals surface area contributed by atoms with Crippen molar-refractivity contribution >= 4 is 17.7 Å². The Kier molecular flexibility index (Phi) is 6.50. The van der Waals surface area contributed by atoms with Crippen molar-refractivity contribution in [3.8, 4) is 16.9 Å². The Hall–Kier alpha value is -2.53. The standard InChI is InChI=1S/C21H23N3OS/c1-2-26-14-13-20(25)22-15-18-16-24(19-11-7-4-8-12-19)23-21(18)17-9-5-3-6-10-17/h3-12,16H,2,13-15H2,1H3,(H,22,25). The van der Waals surface area contributed by atoms with E-state index in [1.807, 2.05) is 71.5 Å². The molecule has 1 N–H and O–H groups in total. The highest BCUT2D eigenvalue weighted by molar-refractivity contribution is 7.99. The molecule has 0 spiro atoms. The second kappa shape index (κ2) is 9.25. The summed E-state index contributed by atoms with van der Waals surface area (Å²) in [5, 5.41) is 7.79. The minimum Gasteiger partial charge on any atom is -0.352 e. The number of nitrogens with one attached hydrogen (secondary N) is 1. The van der Waals surface area contributed by atoms with Crippen LogP contribution in [0.25, 0.3) is 16.9 Å². The van der Waals surface area contributed by atoms with Crippen LogP contribution in [-0.4, -0.2) is 27.2 Å². The van der Waals surface area contributed by atoms with Gasteiger partial charge in [0.15, 0.2) is 0 Å². The number of para-hydroxylation sites is 1. The number of amides is 1. The van der Waals surface area contributed by atoms with Gasteiger partial charge in [-0.05, 0) is 17.9 Å². The van der Waals surface area contributed by atoms with Crippen LogP contribution in [0.4, 0.5) is 0 Å². The number of hydrogen-bond acceptors (Lipinski definition) is 3. The van der Waals surface area contributed by atoms with Crippen LogP contribution in [0.5, 0.6) is 0 Å². The third-order valence-corrected chi connectivity index (χ3v) is 4.91. The van der Waals surface area contributed by atoms with Crippen molar-refractivity contribution in [2.75, 3.05) is 11.5 Å². The molecular weight excluding hydrogens is 342 g/mol. The molecule has 0 aliphatic heterocycles. The summed E-state index contributed by atoms with van der Waals surface area (Å²) in [6, 6.07) is 20.1. The fourth-order valence-electron chi connectivity index (χ4n) is 2.68. The topological polar surface area (TPSA) is 46.9 Å². The third kappa shape index (κ3) is 4.76. The van der Waals surface area contributed by atoms with Crippen molar-refractivity contribution in [1.29, 1.82) is 0 Å². The van der Waals surface area contributed by atoms with E-state index in [1.54, 1.807) is 11.8 Å². The number of aromatic nitrogens is 2. The van der Waals surface area contributed by atoms with Crippen LogP contribution >= 0.6 is 11.8 Å². The number of thioether (sulfide) groups is 1. The van der Waals surface area contributed by atoms with Gasteiger partial charge in [-0.1, -0.05) is 55.5 Å². The molecule has 0 saturated carbocycles. The molecule has 1 amide bonds. The zero-order valence-corrected chi connectivity index (χ0v) is 15.7. The van der Waals surface area contributed by atoms with E-state index < -0.39 is 0 Å².